The molecule has 0 aliphatic rings. The number of aromatic nitrogens is 2. The first kappa shape index (κ1) is 30.6. The van der Waals surface area contributed by atoms with Gasteiger partial charge in [-0.3, -0.25) is 19.2 Å². The molecule has 7 heteroatoms. The van der Waals surface area contributed by atoms with Crippen LogP contribution in [0.3, 0.4) is 0 Å². The summed E-state index contributed by atoms with van der Waals surface area (Å²) >= 11 is 0. The lowest BCUT2D eigenvalue weighted by Crippen LogP contribution is -2.47. The molecule has 0 saturated carbocycles. The number of benzene rings is 5. The summed E-state index contributed by atoms with van der Waals surface area (Å²) in [6.07, 6.45) is 0. The molecule has 1 N–H and O–H groups in total. The summed E-state index contributed by atoms with van der Waals surface area (Å²) in [7, 11) is 5.66. The van der Waals surface area contributed by atoms with Gasteiger partial charge in [-0.2, -0.15) is 0 Å². The number of aryl methyl sites for hydroxylation is 1. The molecule has 0 unspecified atom stereocenters. The molecule has 0 spiro atoms. The summed E-state index contributed by atoms with van der Waals surface area (Å²) in [5.41, 5.74) is 5.24. The van der Waals surface area contributed by atoms with Gasteiger partial charge < -0.3 is 9.64 Å². The smallest absolute Gasteiger partial charge is 0.333 e. The Labute approximate surface area is 269 Å². The number of hydrogen-bond acceptors (Lipinski definition) is 5. The van der Waals surface area contributed by atoms with E-state index in [2.05, 4.69) is 41.7 Å². The fourth-order valence-corrected chi connectivity index (χ4v) is 6.04. The summed E-state index contributed by atoms with van der Waals surface area (Å²) in [5, 5.41) is 3.78. The number of carbonyl (C=O) groups excluding carboxylic acids is 1. The molecule has 46 heavy (non-hydrogen) atoms. The molecule has 0 aliphatic heterocycles. The van der Waals surface area contributed by atoms with E-state index in [0.29, 0.717) is 18.0 Å². The zero-order valence-corrected chi connectivity index (χ0v) is 26.6. The Hall–Kier alpha value is -5.40. The van der Waals surface area contributed by atoms with E-state index in [1.54, 1.807) is 28.3 Å². The van der Waals surface area contributed by atoms with Crippen LogP contribution in [0.1, 0.15) is 23.6 Å². The van der Waals surface area contributed by atoms with Gasteiger partial charge in [0, 0.05) is 33.4 Å². The third-order valence-corrected chi connectivity index (χ3v) is 8.57. The average molecular weight is 611 g/mol. The molecule has 0 aliphatic carbocycles. The predicted octanol–water partition coefficient (Wildman–Crippen LogP) is 6.52. The summed E-state index contributed by atoms with van der Waals surface area (Å²) < 4.78 is 9.29. The molecule has 0 fully saturated rings. The molecule has 1 heterocycles. The Kier molecular flexibility index (Phi) is 8.59. The second kappa shape index (κ2) is 12.9. The SMILES string of the molecule is C[C@@H](CNC(c1ccccc1)(c1ccccc1)c1ccccc1)C(=O)Oc1ccccc1-n1c(=O)n(C)c2ccc(N(C)C)cc21. The summed E-state index contributed by atoms with van der Waals surface area (Å²) in [6.45, 7) is 2.19. The van der Waals surface area contributed by atoms with Gasteiger partial charge in [0.05, 0.1) is 28.2 Å². The number of imidazole rings is 1. The fourth-order valence-electron chi connectivity index (χ4n) is 6.04. The Bertz CT molecular complexity index is 1920. The van der Waals surface area contributed by atoms with E-state index >= 15 is 0 Å². The molecule has 0 bridgehead atoms. The normalized spacial score (nSPS) is 12.2. The maximum absolute atomic E-state index is 13.8. The quantitative estimate of drug-likeness (QED) is 0.109. The van der Waals surface area contributed by atoms with E-state index in [9.17, 15) is 9.59 Å². The Morgan fingerprint density at radius 1 is 0.761 bits per heavy atom. The van der Waals surface area contributed by atoms with Crippen molar-refractivity contribution >= 4 is 22.7 Å². The topological polar surface area (TPSA) is 68.5 Å². The molecule has 0 radical (unpaired) electrons. The first-order chi connectivity index (χ1) is 22.3. The highest BCUT2D eigenvalue weighted by atomic mass is 16.5. The van der Waals surface area contributed by atoms with Gasteiger partial charge >= 0.3 is 11.7 Å². The van der Waals surface area contributed by atoms with Crippen LogP contribution in [0.2, 0.25) is 0 Å². The number of fused-ring (bicyclic) bond motifs is 1. The van der Waals surface area contributed by atoms with Gasteiger partial charge in [-0.15, -0.1) is 0 Å². The minimum atomic E-state index is -0.712. The Morgan fingerprint density at radius 2 is 1.28 bits per heavy atom. The van der Waals surface area contributed by atoms with Gasteiger partial charge in [0.2, 0.25) is 0 Å². The van der Waals surface area contributed by atoms with Gasteiger partial charge in [0.15, 0.2) is 5.75 Å². The van der Waals surface area contributed by atoms with Crippen molar-refractivity contribution in [1.82, 2.24) is 14.5 Å². The minimum Gasteiger partial charge on any atom is -0.424 e. The zero-order chi connectivity index (χ0) is 32.3. The standard InChI is InChI=1S/C39H38N4O3/c1-28(27-40-39(29-16-8-5-9-17-29,30-18-10-6-11-19-30)31-20-12-7-13-21-31)37(44)46-36-23-15-14-22-34(36)43-35-26-32(41(2)3)24-25-33(35)42(4)38(43)45/h5-26,28,40H,27H2,1-4H3/t28-/m0/s1. The van der Waals surface area contributed by atoms with E-state index < -0.39 is 17.4 Å². The highest BCUT2D eigenvalue weighted by molar-refractivity contribution is 5.83. The summed E-state index contributed by atoms with van der Waals surface area (Å²) in [5.74, 6) is -0.594. The van der Waals surface area contributed by atoms with Crippen molar-refractivity contribution in [3.8, 4) is 11.4 Å². The molecule has 7 nitrogen and oxygen atoms in total. The van der Waals surface area contributed by atoms with Crippen LogP contribution in [0.25, 0.3) is 16.7 Å². The first-order valence-electron chi connectivity index (χ1n) is 15.4. The van der Waals surface area contributed by atoms with E-state index in [4.69, 9.17) is 4.74 Å². The number of esters is 1. The van der Waals surface area contributed by atoms with Crippen LogP contribution in [0.15, 0.2) is 138 Å². The van der Waals surface area contributed by atoms with Gasteiger partial charge in [-0.05, 0) is 47.0 Å². The number of carbonyl (C=O) groups is 1. The summed E-state index contributed by atoms with van der Waals surface area (Å²) in [6, 6.07) is 43.9. The molecular formula is C39H38N4O3. The number of anilines is 1. The van der Waals surface area contributed by atoms with Crippen LogP contribution in [0, 0.1) is 5.92 Å². The van der Waals surface area contributed by atoms with Crippen molar-refractivity contribution in [3.63, 3.8) is 0 Å². The Morgan fingerprint density at radius 3 is 1.83 bits per heavy atom. The maximum Gasteiger partial charge on any atom is 0.333 e. The van der Waals surface area contributed by atoms with Crippen LogP contribution < -0.4 is 20.6 Å². The monoisotopic (exact) mass is 610 g/mol. The van der Waals surface area contributed by atoms with E-state index in [0.717, 1.165) is 33.4 Å². The number of rotatable bonds is 10. The zero-order valence-electron chi connectivity index (χ0n) is 26.6. The van der Waals surface area contributed by atoms with Crippen LogP contribution in [0.4, 0.5) is 5.69 Å². The third kappa shape index (κ3) is 5.61. The molecule has 1 aromatic heterocycles. The average Bonchev–Trinajstić information content (AvgIpc) is 3.34. The number of para-hydroxylation sites is 2. The maximum atomic E-state index is 13.8. The lowest BCUT2D eigenvalue weighted by atomic mass is 9.76. The fraction of sp³-hybridized carbons (Fsp3) is 0.179. The number of nitrogens with one attached hydrogen (secondary N) is 1. The molecular weight excluding hydrogens is 572 g/mol. The number of ether oxygens (including phenoxy) is 1. The van der Waals surface area contributed by atoms with Crippen molar-refractivity contribution in [2.45, 2.75) is 12.5 Å². The highest BCUT2D eigenvalue weighted by Gasteiger charge is 2.37. The largest absolute Gasteiger partial charge is 0.424 e. The van der Waals surface area contributed by atoms with Gasteiger partial charge in [0.1, 0.15) is 0 Å². The highest BCUT2D eigenvalue weighted by Crippen LogP contribution is 2.37. The lowest BCUT2D eigenvalue weighted by molar-refractivity contribution is -0.138. The van der Waals surface area contributed by atoms with Crippen LogP contribution in [0.5, 0.6) is 5.75 Å². The van der Waals surface area contributed by atoms with Crippen LogP contribution >= 0.6 is 0 Å². The van der Waals surface area contributed by atoms with E-state index in [1.807, 2.05) is 111 Å². The molecule has 6 aromatic rings. The minimum absolute atomic E-state index is 0.220. The van der Waals surface area contributed by atoms with E-state index in [-0.39, 0.29) is 5.69 Å². The third-order valence-electron chi connectivity index (χ3n) is 8.57. The van der Waals surface area contributed by atoms with Crippen molar-refractivity contribution in [2.24, 2.45) is 13.0 Å². The summed E-state index contributed by atoms with van der Waals surface area (Å²) in [4.78, 5) is 29.3. The number of nitrogens with zero attached hydrogens (tertiary/aromatic N) is 3. The number of hydrogen-bond donors (Lipinski definition) is 1. The van der Waals surface area contributed by atoms with Gasteiger partial charge in [-0.1, -0.05) is 110 Å². The molecule has 232 valence electrons. The van der Waals surface area contributed by atoms with Gasteiger partial charge in [-0.25, -0.2) is 4.79 Å². The molecule has 6 rings (SSSR count). The first-order valence-corrected chi connectivity index (χ1v) is 15.4. The molecule has 5 aromatic carbocycles. The van der Waals surface area contributed by atoms with Crippen molar-refractivity contribution in [2.75, 3.05) is 25.5 Å². The van der Waals surface area contributed by atoms with Crippen molar-refractivity contribution in [1.29, 1.82) is 0 Å². The second-order valence-electron chi connectivity index (χ2n) is 11.8. The van der Waals surface area contributed by atoms with Crippen molar-refractivity contribution < 1.29 is 9.53 Å². The van der Waals surface area contributed by atoms with Crippen LogP contribution in [-0.2, 0) is 17.4 Å². The lowest BCUT2D eigenvalue weighted by Gasteiger charge is -2.37. The Balaban J connectivity index is 1.33. The molecule has 0 amide bonds. The second-order valence-corrected chi connectivity index (χ2v) is 11.8. The van der Waals surface area contributed by atoms with Crippen LogP contribution in [-0.4, -0.2) is 35.7 Å². The molecule has 1 atom stereocenters. The van der Waals surface area contributed by atoms with E-state index in [1.165, 1.54) is 0 Å². The molecule has 0 saturated heterocycles. The predicted molar refractivity (Wildman–Crippen MR) is 185 cm³/mol. The van der Waals surface area contributed by atoms with Gasteiger partial charge in [0.25, 0.3) is 0 Å². The van der Waals surface area contributed by atoms with Crippen molar-refractivity contribution in [3.05, 3.63) is 161 Å².